The van der Waals surface area contributed by atoms with Gasteiger partial charge in [-0.25, -0.2) is 4.79 Å². The Kier molecular flexibility index (Phi) is 2.82. The van der Waals surface area contributed by atoms with Crippen LogP contribution >= 0.6 is 0 Å². The number of aromatic nitrogens is 2. The molecule has 1 rings (SSSR count). The highest BCUT2D eigenvalue weighted by atomic mass is 16.4. The molecule has 0 unspecified atom stereocenters. The number of carbonyl (C=O) groups is 1. The molecule has 0 aliphatic heterocycles. The molecule has 0 aliphatic rings. The number of carboxylic acid groups (broad SMARTS) is 1. The highest BCUT2D eigenvalue weighted by Gasteiger charge is 1.94. The highest BCUT2D eigenvalue weighted by Crippen LogP contribution is 1.94. The Morgan fingerprint density at radius 2 is 2.62 bits per heavy atom. The number of nitriles is 1. The van der Waals surface area contributed by atoms with Crippen molar-refractivity contribution in [2.24, 2.45) is 0 Å². The van der Waals surface area contributed by atoms with E-state index in [1.54, 1.807) is 6.20 Å². The first-order chi connectivity index (χ1) is 6.22. The van der Waals surface area contributed by atoms with Gasteiger partial charge >= 0.3 is 5.97 Å². The van der Waals surface area contributed by atoms with Crippen molar-refractivity contribution in [3.8, 4) is 6.07 Å². The Balaban J connectivity index is 2.56. The predicted octanol–water partition coefficient (Wildman–Crippen LogP) is 0.396. The summed E-state index contributed by atoms with van der Waals surface area (Å²) in [6.45, 7) is 0.355. The molecule has 0 aliphatic carbocycles. The third-order valence-corrected chi connectivity index (χ3v) is 1.32. The molecule has 0 atom stereocenters. The van der Waals surface area contributed by atoms with Crippen molar-refractivity contribution in [2.75, 3.05) is 0 Å². The molecule has 66 valence electrons. The van der Waals surface area contributed by atoms with E-state index in [4.69, 9.17) is 10.4 Å². The van der Waals surface area contributed by atoms with E-state index in [2.05, 4.69) is 5.10 Å². The van der Waals surface area contributed by atoms with Crippen LogP contribution in [0.4, 0.5) is 0 Å². The van der Waals surface area contributed by atoms with Gasteiger partial charge in [0.05, 0.1) is 18.3 Å². The predicted molar refractivity (Wildman–Crippen MR) is 43.7 cm³/mol. The van der Waals surface area contributed by atoms with Gasteiger partial charge in [0.1, 0.15) is 6.07 Å². The minimum Gasteiger partial charge on any atom is -0.478 e. The zero-order chi connectivity index (χ0) is 9.68. The van der Waals surface area contributed by atoms with Gasteiger partial charge in [0, 0.05) is 12.3 Å². The van der Waals surface area contributed by atoms with Gasteiger partial charge in [-0.3, -0.25) is 4.68 Å². The molecular formula is C8H7N3O2. The summed E-state index contributed by atoms with van der Waals surface area (Å²) in [4.78, 5) is 10.1. The minimum atomic E-state index is -0.993. The molecule has 5 heteroatoms. The fourth-order valence-electron chi connectivity index (χ4n) is 0.783. The summed E-state index contributed by atoms with van der Waals surface area (Å²) in [5, 5.41) is 20.6. The number of hydrogen-bond acceptors (Lipinski definition) is 3. The van der Waals surface area contributed by atoms with E-state index in [0.29, 0.717) is 12.1 Å². The molecule has 13 heavy (non-hydrogen) atoms. The van der Waals surface area contributed by atoms with Gasteiger partial charge < -0.3 is 5.11 Å². The van der Waals surface area contributed by atoms with Crippen LogP contribution in [0.5, 0.6) is 0 Å². The van der Waals surface area contributed by atoms with E-state index >= 15 is 0 Å². The maximum Gasteiger partial charge on any atom is 0.328 e. The molecule has 1 N–H and O–H groups in total. The van der Waals surface area contributed by atoms with Crippen LogP contribution in [0.1, 0.15) is 5.56 Å². The topological polar surface area (TPSA) is 78.9 Å². The second kappa shape index (κ2) is 4.07. The van der Waals surface area contributed by atoms with Gasteiger partial charge in [-0.2, -0.15) is 10.4 Å². The number of carboxylic acids is 1. The van der Waals surface area contributed by atoms with Crippen LogP contribution in [-0.2, 0) is 11.3 Å². The van der Waals surface area contributed by atoms with Gasteiger partial charge in [0.2, 0.25) is 0 Å². The monoisotopic (exact) mass is 177 g/mol. The Morgan fingerprint density at radius 1 is 1.85 bits per heavy atom. The summed E-state index contributed by atoms with van der Waals surface area (Å²) >= 11 is 0. The molecule has 1 heterocycles. The summed E-state index contributed by atoms with van der Waals surface area (Å²) in [5.74, 6) is -0.993. The van der Waals surface area contributed by atoms with Crippen LogP contribution in [0.3, 0.4) is 0 Å². The lowest BCUT2D eigenvalue weighted by molar-refractivity contribution is -0.131. The smallest absolute Gasteiger partial charge is 0.328 e. The van der Waals surface area contributed by atoms with Crippen LogP contribution in [-0.4, -0.2) is 20.9 Å². The Hall–Kier alpha value is -2.09. The van der Waals surface area contributed by atoms with Crippen LogP contribution in [0.25, 0.3) is 0 Å². The number of rotatable bonds is 3. The lowest BCUT2D eigenvalue weighted by atomic mass is 10.4. The minimum absolute atomic E-state index is 0.355. The van der Waals surface area contributed by atoms with Crippen molar-refractivity contribution >= 4 is 5.97 Å². The molecule has 0 saturated carbocycles. The van der Waals surface area contributed by atoms with Crippen LogP contribution in [0.2, 0.25) is 0 Å². The maximum absolute atomic E-state index is 10.1. The fourth-order valence-corrected chi connectivity index (χ4v) is 0.783. The summed E-state index contributed by atoms with van der Waals surface area (Å²) in [5.41, 5.74) is 0.462. The van der Waals surface area contributed by atoms with Crippen LogP contribution in [0.15, 0.2) is 24.5 Å². The van der Waals surface area contributed by atoms with E-state index in [9.17, 15) is 4.79 Å². The molecule has 0 saturated heterocycles. The van der Waals surface area contributed by atoms with E-state index in [1.165, 1.54) is 17.0 Å². The largest absolute Gasteiger partial charge is 0.478 e. The second-order valence-corrected chi connectivity index (χ2v) is 2.30. The maximum atomic E-state index is 10.1. The summed E-state index contributed by atoms with van der Waals surface area (Å²) in [6.07, 6.45) is 5.46. The molecule has 1 aromatic heterocycles. The molecule has 0 bridgehead atoms. The van der Waals surface area contributed by atoms with Gasteiger partial charge in [-0.05, 0) is 0 Å². The number of hydrogen-bond donors (Lipinski definition) is 1. The van der Waals surface area contributed by atoms with Gasteiger partial charge in [0.25, 0.3) is 0 Å². The van der Waals surface area contributed by atoms with E-state index < -0.39 is 5.97 Å². The zero-order valence-corrected chi connectivity index (χ0v) is 6.71. The van der Waals surface area contributed by atoms with E-state index in [0.717, 1.165) is 6.08 Å². The quantitative estimate of drug-likeness (QED) is 0.677. The molecule has 5 nitrogen and oxygen atoms in total. The molecule has 0 amide bonds. The Labute approximate surface area is 74.5 Å². The average Bonchev–Trinajstić information content (AvgIpc) is 2.52. The zero-order valence-electron chi connectivity index (χ0n) is 6.71. The van der Waals surface area contributed by atoms with Crippen LogP contribution in [0, 0.1) is 11.3 Å². The third-order valence-electron chi connectivity index (χ3n) is 1.32. The normalized spacial score (nSPS) is 10.1. The third kappa shape index (κ3) is 2.79. The van der Waals surface area contributed by atoms with Crippen molar-refractivity contribution in [3.63, 3.8) is 0 Å². The van der Waals surface area contributed by atoms with E-state index in [1.807, 2.05) is 6.07 Å². The summed E-state index contributed by atoms with van der Waals surface area (Å²) in [6, 6.07) is 1.92. The standard InChI is InChI=1S/C8H7N3O2/c9-4-7-5-10-11(6-7)3-1-2-8(12)13/h1-2,5-6H,3H2,(H,12,13)/b2-1+. The molecule has 0 fully saturated rings. The summed E-state index contributed by atoms with van der Waals surface area (Å²) in [7, 11) is 0. The molecule has 0 aromatic carbocycles. The fraction of sp³-hybridized carbons (Fsp3) is 0.125. The first-order valence-electron chi connectivity index (χ1n) is 3.54. The van der Waals surface area contributed by atoms with Gasteiger partial charge in [0.15, 0.2) is 0 Å². The van der Waals surface area contributed by atoms with Crippen molar-refractivity contribution in [2.45, 2.75) is 6.54 Å². The number of aliphatic carboxylic acids is 1. The van der Waals surface area contributed by atoms with Crippen molar-refractivity contribution in [1.82, 2.24) is 9.78 Å². The van der Waals surface area contributed by atoms with Crippen molar-refractivity contribution in [3.05, 3.63) is 30.1 Å². The number of allylic oxidation sites excluding steroid dienone is 1. The van der Waals surface area contributed by atoms with Crippen molar-refractivity contribution < 1.29 is 9.90 Å². The summed E-state index contributed by atoms with van der Waals surface area (Å²) < 4.78 is 1.48. The molecule has 0 radical (unpaired) electrons. The molecule has 0 spiro atoms. The van der Waals surface area contributed by atoms with Crippen LogP contribution < -0.4 is 0 Å². The first-order valence-corrected chi connectivity index (χ1v) is 3.54. The average molecular weight is 177 g/mol. The number of nitrogens with zero attached hydrogens (tertiary/aromatic N) is 3. The Morgan fingerprint density at radius 3 is 3.15 bits per heavy atom. The highest BCUT2D eigenvalue weighted by molar-refractivity contribution is 5.79. The second-order valence-electron chi connectivity index (χ2n) is 2.30. The first kappa shape index (κ1) is 9.00. The lowest BCUT2D eigenvalue weighted by Crippen LogP contribution is -1.96. The SMILES string of the molecule is N#Cc1cnn(C/C=C/C(=O)O)c1. The molecule has 1 aromatic rings. The molecular weight excluding hydrogens is 170 g/mol. The van der Waals surface area contributed by atoms with Gasteiger partial charge in [-0.1, -0.05) is 6.08 Å². The van der Waals surface area contributed by atoms with Gasteiger partial charge in [-0.15, -0.1) is 0 Å². The van der Waals surface area contributed by atoms with E-state index in [-0.39, 0.29) is 0 Å². The lowest BCUT2D eigenvalue weighted by Gasteiger charge is -1.91. The Bertz CT molecular complexity index is 373. The van der Waals surface area contributed by atoms with Crippen molar-refractivity contribution in [1.29, 1.82) is 5.26 Å².